The number of fused-ring (bicyclic) bond motifs is 1. The molecule has 2 aromatic heterocycles. The van der Waals surface area contributed by atoms with Crippen LogP contribution in [-0.2, 0) is 20.1 Å². The van der Waals surface area contributed by atoms with Gasteiger partial charge < -0.3 is 10.3 Å². The van der Waals surface area contributed by atoms with E-state index in [0.29, 0.717) is 30.8 Å². The molecule has 0 spiro atoms. The molecule has 0 fully saturated rings. The fourth-order valence-corrected chi connectivity index (χ4v) is 2.37. The van der Waals surface area contributed by atoms with E-state index in [4.69, 9.17) is 5.73 Å². The van der Waals surface area contributed by atoms with Crippen LogP contribution in [0.1, 0.15) is 25.6 Å². The summed E-state index contributed by atoms with van der Waals surface area (Å²) in [5.41, 5.74) is 5.85. The highest BCUT2D eigenvalue weighted by Crippen LogP contribution is 2.08. The molecular formula is C13H21N5O2. The Morgan fingerprint density at radius 2 is 1.90 bits per heavy atom. The van der Waals surface area contributed by atoms with Gasteiger partial charge in [-0.3, -0.25) is 13.9 Å². The van der Waals surface area contributed by atoms with Crippen LogP contribution in [0.4, 0.5) is 0 Å². The molecule has 0 unspecified atom stereocenters. The number of imidazole rings is 1. The summed E-state index contributed by atoms with van der Waals surface area (Å²) in [6, 6.07) is 0. The minimum Gasteiger partial charge on any atom is -0.330 e. The Balaban J connectivity index is 2.72. The van der Waals surface area contributed by atoms with Gasteiger partial charge >= 0.3 is 5.69 Å². The highest BCUT2D eigenvalue weighted by molar-refractivity contribution is 5.70. The van der Waals surface area contributed by atoms with Crippen molar-refractivity contribution in [2.24, 2.45) is 12.8 Å². The minimum atomic E-state index is -0.292. The van der Waals surface area contributed by atoms with Crippen molar-refractivity contribution in [1.82, 2.24) is 18.7 Å². The highest BCUT2D eigenvalue weighted by atomic mass is 16.2. The molecule has 0 atom stereocenters. The van der Waals surface area contributed by atoms with E-state index >= 15 is 0 Å². The Kier molecular flexibility index (Phi) is 4.08. The molecular weight excluding hydrogens is 258 g/mol. The Morgan fingerprint density at radius 3 is 2.50 bits per heavy atom. The fraction of sp³-hybridized carbons (Fsp3) is 0.615. The standard InChI is InChI=1S/C13H21N5O2/c1-4-17-11-10(16(3)9(2)15-11)12(19)18(13(17)20)8-6-5-7-14/h4-8,14H2,1-3H3. The summed E-state index contributed by atoms with van der Waals surface area (Å²) in [6.45, 7) is 5.14. The van der Waals surface area contributed by atoms with Crippen molar-refractivity contribution in [3.05, 3.63) is 26.7 Å². The number of hydrogen-bond donors (Lipinski definition) is 1. The van der Waals surface area contributed by atoms with Crippen LogP contribution in [0.5, 0.6) is 0 Å². The van der Waals surface area contributed by atoms with Gasteiger partial charge in [0.15, 0.2) is 11.2 Å². The molecule has 0 aliphatic rings. The van der Waals surface area contributed by atoms with Crippen LogP contribution in [0.3, 0.4) is 0 Å². The van der Waals surface area contributed by atoms with Gasteiger partial charge in [-0.25, -0.2) is 9.78 Å². The second-order valence-electron chi connectivity index (χ2n) is 4.87. The largest absolute Gasteiger partial charge is 0.332 e. The molecule has 2 rings (SSSR count). The minimum absolute atomic E-state index is 0.269. The number of aryl methyl sites for hydroxylation is 3. The maximum atomic E-state index is 12.5. The molecule has 0 aliphatic carbocycles. The molecule has 20 heavy (non-hydrogen) atoms. The molecule has 0 bridgehead atoms. The van der Waals surface area contributed by atoms with Gasteiger partial charge in [-0.05, 0) is 33.2 Å². The summed E-state index contributed by atoms with van der Waals surface area (Å²) in [6.07, 6.45) is 1.51. The van der Waals surface area contributed by atoms with Crippen molar-refractivity contribution in [3.63, 3.8) is 0 Å². The summed E-state index contributed by atoms with van der Waals surface area (Å²) >= 11 is 0. The van der Waals surface area contributed by atoms with Gasteiger partial charge in [0, 0.05) is 20.1 Å². The first-order valence-electron chi connectivity index (χ1n) is 6.89. The first-order chi connectivity index (χ1) is 9.52. The van der Waals surface area contributed by atoms with Crippen LogP contribution in [0.2, 0.25) is 0 Å². The van der Waals surface area contributed by atoms with Crippen molar-refractivity contribution in [1.29, 1.82) is 0 Å². The van der Waals surface area contributed by atoms with E-state index < -0.39 is 0 Å². The molecule has 0 amide bonds. The smallest absolute Gasteiger partial charge is 0.330 e. The quantitative estimate of drug-likeness (QED) is 0.778. The topological polar surface area (TPSA) is 87.8 Å². The molecule has 2 heterocycles. The summed E-state index contributed by atoms with van der Waals surface area (Å²) in [5, 5.41) is 0. The predicted octanol–water partition coefficient (Wildman–Crippen LogP) is -0.0361. The lowest BCUT2D eigenvalue weighted by Gasteiger charge is -2.10. The van der Waals surface area contributed by atoms with Crippen molar-refractivity contribution in [2.45, 2.75) is 39.8 Å². The summed E-state index contributed by atoms with van der Waals surface area (Å²) < 4.78 is 4.58. The molecule has 7 heteroatoms. The summed E-state index contributed by atoms with van der Waals surface area (Å²) in [5.74, 6) is 0.721. The second kappa shape index (κ2) is 5.62. The molecule has 2 N–H and O–H groups in total. The van der Waals surface area contributed by atoms with Gasteiger partial charge in [-0.2, -0.15) is 0 Å². The molecule has 0 saturated heterocycles. The van der Waals surface area contributed by atoms with Crippen LogP contribution in [0, 0.1) is 6.92 Å². The second-order valence-corrected chi connectivity index (χ2v) is 4.87. The summed E-state index contributed by atoms with van der Waals surface area (Å²) in [4.78, 5) is 29.2. The predicted molar refractivity (Wildman–Crippen MR) is 77.9 cm³/mol. The first-order valence-corrected chi connectivity index (χ1v) is 6.89. The lowest BCUT2D eigenvalue weighted by atomic mass is 10.3. The van der Waals surface area contributed by atoms with Gasteiger partial charge in [-0.1, -0.05) is 0 Å². The normalized spacial score (nSPS) is 11.4. The Morgan fingerprint density at radius 1 is 1.20 bits per heavy atom. The monoisotopic (exact) mass is 279 g/mol. The maximum Gasteiger partial charge on any atom is 0.332 e. The Hall–Kier alpha value is -1.89. The van der Waals surface area contributed by atoms with E-state index in [1.165, 1.54) is 4.57 Å². The van der Waals surface area contributed by atoms with Crippen molar-refractivity contribution < 1.29 is 0 Å². The average Bonchev–Trinajstić information content (AvgIpc) is 2.70. The van der Waals surface area contributed by atoms with Crippen molar-refractivity contribution in [3.8, 4) is 0 Å². The van der Waals surface area contributed by atoms with Crippen LogP contribution in [0.15, 0.2) is 9.59 Å². The molecule has 110 valence electrons. The number of rotatable bonds is 5. The third-order valence-electron chi connectivity index (χ3n) is 3.62. The van der Waals surface area contributed by atoms with Crippen LogP contribution in [-0.4, -0.2) is 25.2 Å². The zero-order valence-corrected chi connectivity index (χ0v) is 12.2. The van der Waals surface area contributed by atoms with Crippen molar-refractivity contribution in [2.75, 3.05) is 6.54 Å². The van der Waals surface area contributed by atoms with Gasteiger partial charge in [0.2, 0.25) is 0 Å². The van der Waals surface area contributed by atoms with E-state index in [9.17, 15) is 9.59 Å². The van der Waals surface area contributed by atoms with Gasteiger partial charge in [0.05, 0.1) is 0 Å². The van der Waals surface area contributed by atoms with E-state index in [0.717, 1.165) is 18.7 Å². The fourth-order valence-electron chi connectivity index (χ4n) is 2.37. The van der Waals surface area contributed by atoms with E-state index in [1.807, 2.05) is 13.8 Å². The lowest BCUT2D eigenvalue weighted by molar-refractivity contribution is 0.544. The van der Waals surface area contributed by atoms with Gasteiger partial charge in [0.1, 0.15) is 5.82 Å². The van der Waals surface area contributed by atoms with Crippen LogP contribution in [0.25, 0.3) is 11.2 Å². The number of nitrogens with zero attached hydrogens (tertiary/aromatic N) is 4. The average molecular weight is 279 g/mol. The first kappa shape index (κ1) is 14.5. The maximum absolute atomic E-state index is 12.5. The molecule has 0 radical (unpaired) electrons. The Labute approximate surface area is 116 Å². The molecule has 0 aliphatic heterocycles. The van der Waals surface area contributed by atoms with E-state index in [2.05, 4.69) is 4.98 Å². The van der Waals surface area contributed by atoms with Gasteiger partial charge in [-0.15, -0.1) is 0 Å². The number of hydrogen-bond acceptors (Lipinski definition) is 4. The zero-order chi connectivity index (χ0) is 14.9. The van der Waals surface area contributed by atoms with Gasteiger partial charge in [0.25, 0.3) is 5.56 Å². The molecule has 7 nitrogen and oxygen atoms in total. The highest BCUT2D eigenvalue weighted by Gasteiger charge is 2.17. The van der Waals surface area contributed by atoms with E-state index in [1.54, 1.807) is 16.2 Å². The molecule has 0 aromatic carbocycles. The van der Waals surface area contributed by atoms with Crippen LogP contribution >= 0.6 is 0 Å². The van der Waals surface area contributed by atoms with Crippen LogP contribution < -0.4 is 17.0 Å². The number of unbranched alkanes of at least 4 members (excludes halogenated alkanes) is 1. The Bertz CT molecular complexity index is 738. The lowest BCUT2D eigenvalue weighted by Crippen LogP contribution is -2.40. The third kappa shape index (κ3) is 2.18. The zero-order valence-electron chi connectivity index (χ0n) is 12.2. The third-order valence-corrected chi connectivity index (χ3v) is 3.62. The molecule has 2 aromatic rings. The molecule has 0 saturated carbocycles. The number of aromatic nitrogens is 4. The number of nitrogens with two attached hydrogens (primary N) is 1. The van der Waals surface area contributed by atoms with E-state index in [-0.39, 0.29) is 11.2 Å². The summed E-state index contributed by atoms with van der Waals surface area (Å²) in [7, 11) is 1.79. The SMILES string of the molecule is CCn1c(=O)n(CCCCN)c(=O)c2c1nc(C)n2C. The van der Waals surface area contributed by atoms with Crippen molar-refractivity contribution >= 4 is 11.2 Å².